The third kappa shape index (κ3) is 3.60. The van der Waals surface area contributed by atoms with E-state index in [0.29, 0.717) is 29.2 Å². The van der Waals surface area contributed by atoms with Gasteiger partial charge in [-0.3, -0.25) is 13.9 Å². The molecular weight excluding hydrogens is 399 g/mol. The fourth-order valence-electron chi connectivity index (χ4n) is 3.79. The summed E-state index contributed by atoms with van der Waals surface area (Å²) in [7, 11) is 1.60. The summed E-state index contributed by atoms with van der Waals surface area (Å²) in [6.45, 7) is 6.52. The molecule has 0 atom stereocenters. The number of imidazole rings is 1. The molecule has 4 aromatic rings. The number of unbranched alkanes of at least 4 members (excludes halogenated alkanes) is 1. The lowest BCUT2D eigenvalue weighted by Crippen LogP contribution is -2.40. The van der Waals surface area contributed by atoms with E-state index in [2.05, 4.69) is 17.0 Å². The highest BCUT2D eigenvalue weighted by Crippen LogP contribution is 2.18. The molecule has 3 aromatic heterocycles. The monoisotopic (exact) mass is 424 g/mol. The van der Waals surface area contributed by atoms with Crippen molar-refractivity contribution in [2.24, 2.45) is 7.05 Å². The van der Waals surface area contributed by atoms with Crippen LogP contribution >= 0.6 is 0 Å². The normalized spacial score (nSPS) is 11.5. The molecule has 31 heavy (non-hydrogen) atoms. The molecule has 4 rings (SSSR count). The van der Waals surface area contributed by atoms with Crippen LogP contribution in [0.2, 0.25) is 0 Å². The third-order valence-electron chi connectivity index (χ3n) is 5.40. The molecule has 0 radical (unpaired) electrons. The van der Waals surface area contributed by atoms with Crippen LogP contribution in [0, 0.1) is 19.7 Å². The van der Waals surface area contributed by atoms with Crippen LogP contribution in [0.15, 0.2) is 39.9 Å². The number of hydrogen-bond acceptors (Lipinski definition) is 4. The Morgan fingerprint density at radius 2 is 1.77 bits per heavy atom. The molecule has 1 aromatic carbocycles. The van der Waals surface area contributed by atoms with Crippen LogP contribution in [0.25, 0.3) is 17.1 Å². The lowest BCUT2D eigenvalue weighted by atomic mass is 10.2. The Kier molecular flexibility index (Phi) is 5.34. The van der Waals surface area contributed by atoms with Crippen molar-refractivity contribution in [3.05, 3.63) is 73.9 Å². The summed E-state index contributed by atoms with van der Waals surface area (Å²) in [5.41, 5.74) is 2.19. The van der Waals surface area contributed by atoms with E-state index in [4.69, 9.17) is 0 Å². The molecule has 162 valence electrons. The van der Waals surface area contributed by atoms with Crippen LogP contribution in [0.4, 0.5) is 4.39 Å². The molecule has 0 aliphatic carbocycles. The average molecular weight is 424 g/mol. The zero-order valence-electron chi connectivity index (χ0n) is 18.1. The first-order chi connectivity index (χ1) is 14.8. The summed E-state index contributed by atoms with van der Waals surface area (Å²) in [5.74, 6) is 0.146. The van der Waals surface area contributed by atoms with Crippen molar-refractivity contribution >= 4 is 11.2 Å². The third-order valence-corrected chi connectivity index (χ3v) is 5.40. The van der Waals surface area contributed by atoms with Crippen molar-refractivity contribution in [1.82, 2.24) is 28.5 Å². The maximum absolute atomic E-state index is 13.5. The Balaban J connectivity index is 1.98. The topological polar surface area (TPSA) is 79.6 Å². The highest BCUT2D eigenvalue weighted by molar-refractivity contribution is 5.72. The molecule has 8 nitrogen and oxygen atoms in total. The number of nitrogens with zero attached hydrogens (tertiary/aromatic N) is 6. The Labute approximate surface area is 178 Å². The molecule has 0 spiro atoms. The van der Waals surface area contributed by atoms with Crippen LogP contribution in [-0.4, -0.2) is 28.5 Å². The second-order valence-corrected chi connectivity index (χ2v) is 7.79. The summed E-state index contributed by atoms with van der Waals surface area (Å²) in [6, 6.07) is 7.71. The zero-order chi connectivity index (χ0) is 22.3. The predicted octanol–water partition coefficient (Wildman–Crippen LogP) is 2.69. The van der Waals surface area contributed by atoms with Crippen molar-refractivity contribution in [3.63, 3.8) is 0 Å². The summed E-state index contributed by atoms with van der Waals surface area (Å²) < 4.78 is 19.4. The van der Waals surface area contributed by atoms with E-state index in [0.717, 1.165) is 24.2 Å². The number of halogens is 1. The second kappa shape index (κ2) is 7.98. The van der Waals surface area contributed by atoms with Crippen LogP contribution < -0.4 is 11.2 Å². The first kappa shape index (κ1) is 20.8. The quantitative estimate of drug-likeness (QED) is 0.477. The number of rotatable bonds is 6. The van der Waals surface area contributed by atoms with E-state index >= 15 is 0 Å². The Morgan fingerprint density at radius 3 is 2.39 bits per heavy atom. The minimum absolute atomic E-state index is 0.0515. The lowest BCUT2D eigenvalue weighted by molar-refractivity contribution is 0.604. The van der Waals surface area contributed by atoms with Gasteiger partial charge in [0, 0.05) is 19.3 Å². The molecule has 3 heterocycles. The number of aryl methyl sites for hydroxylation is 4. The van der Waals surface area contributed by atoms with Crippen LogP contribution in [0.1, 0.15) is 36.7 Å². The minimum atomic E-state index is -0.470. The fourth-order valence-corrected chi connectivity index (χ4v) is 3.79. The van der Waals surface area contributed by atoms with E-state index < -0.39 is 11.2 Å². The van der Waals surface area contributed by atoms with E-state index in [1.807, 2.05) is 24.5 Å². The van der Waals surface area contributed by atoms with Crippen molar-refractivity contribution in [2.45, 2.75) is 46.7 Å². The van der Waals surface area contributed by atoms with Gasteiger partial charge in [-0.25, -0.2) is 13.9 Å². The number of fused-ring (bicyclic) bond motifs is 1. The second-order valence-electron chi connectivity index (χ2n) is 7.79. The van der Waals surface area contributed by atoms with Gasteiger partial charge in [0.05, 0.1) is 12.2 Å². The van der Waals surface area contributed by atoms with Crippen LogP contribution in [0.3, 0.4) is 0 Å². The largest absolute Gasteiger partial charge is 0.332 e. The maximum Gasteiger partial charge on any atom is 0.332 e. The minimum Gasteiger partial charge on any atom is -0.302 e. The molecule has 0 amide bonds. The maximum atomic E-state index is 13.5. The summed E-state index contributed by atoms with van der Waals surface area (Å²) in [5, 5.41) is 4.53. The Hall–Kier alpha value is -3.49. The highest BCUT2D eigenvalue weighted by Gasteiger charge is 2.22. The number of aromatic nitrogens is 6. The molecular formula is C22H25FN6O2. The van der Waals surface area contributed by atoms with E-state index in [1.165, 1.54) is 21.3 Å². The van der Waals surface area contributed by atoms with Gasteiger partial charge in [0.2, 0.25) is 5.95 Å². The summed E-state index contributed by atoms with van der Waals surface area (Å²) in [6.07, 6.45) is 1.78. The van der Waals surface area contributed by atoms with Gasteiger partial charge in [-0.05, 0) is 44.0 Å². The van der Waals surface area contributed by atoms with Crippen LogP contribution in [0.5, 0.6) is 0 Å². The van der Waals surface area contributed by atoms with Gasteiger partial charge in [0.15, 0.2) is 11.2 Å². The molecule has 0 saturated carbocycles. The van der Waals surface area contributed by atoms with E-state index in [9.17, 15) is 14.0 Å². The number of benzene rings is 1. The summed E-state index contributed by atoms with van der Waals surface area (Å²) in [4.78, 5) is 31.1. The molecule has 0 saturated heterocycles. The first-order valence-corrected chi connectivity index (χ1v) is 10.3. The van der Waals surface area contributed by atoms with Gasteiger partial charge in [0.25, 0.3) is 5.56 Å². The van der Waals surface area contributed by atoms with Gasteiger partial charge in [-0.2, -0.15) is 10.1 Å². The summed E-state index contributed by atoms with van der Waals surface area (Å²) >= 11 is 0. The van der Waals surface area contributed by atoms with Gasteiger partial charge in [0.1, 0.15) is 5.82 Å². The van der Waals surface area contributed by atoms with E-state index in [-0.39, 0.29) is 12.4 Å². The van der Waals surface area contributed by atoms with Crippen molar-refractivity contribution in [3.8, 4) is 5.95 Å². The molecule has 0 fully saturated rings. The van der Waals surface area contributed by atoms with Gasteiger partial charge >= 0.3 is 5.69 Å². The predicted molar refractivity (Wildman–Crippen MR) is 116 cm³/mol. The van der Waals surface area contributed by atoms with E-state index in [1.54, 1.807) is 23.9 Å². The standard InChI is InChI=1S/C22H25FN6O2/c1-5-6-11-27-18-19(24-21(27)29-15(3)12-14(2)25-29)26(4)22(31)28(20(18)30)13-16-7-9-17(23)10-8-16/h7-10,12H,5-6,11,13H2,1-4H3. The Morgan fingerprint density at radius 1 is 1.06 bits per heavy atom. The fraction of sp³-hybridized carbons (Fsp3) is 0.364. The molecule has 0 aliphatic heterocycles. The average Bonchev–Trinajstić information content (AvgIpc) is 3.28. The zero-order valence-corrected chi connectivity index (χ0v) is 18.1. The molecule has 9 heteroatoms. The molecule has 0 aliphatic rings. The number of hydrogen-bond donors (Lipinski definition) is 0. The SMILES string of the molecule is CCCCn1c(-n2nc(C)cc2C)nc2c1c(=O)n(Cc1ccc(F)cc1)c(=O)n2C. The van der Waals surface area contributed by atoms with Crippen molar-refractivity contribution < 1.29 is 4.39 Å². The Bertz CT molecular complexity index is 1370. The highest BCUT2D eigenvalue weighted by atomic mass is 19.1. The van der Waals surface area contributed by atoms with Gasteiger partial charge < -0.3 is 4.57 Å². The smallest absolute Gasteiger partial charge is 0.302 e. The van der Waals surface area contributed by atoms with Crippen molar-refractivity contribution in [2.75, 3.05) is 0 Å². The molecule has 0 bridgehead atoms. The van der Waals surface area contributed by atoms with Crippen molar-refractivity contribution in [1.29, 1.82) is 0 Å². The lowest BCUT2D eigenvalue weighted by Gasteiger charge is -2.11. The molecule has 0 N–H and O–H groups in total. The van der Waals surface area contributed by atoms with Gasteiger partial charge in [-0.15, -0.1) is 0 Å². The van der Waals surface area contributed by atoms with Gasteiger partial charge in [-0.1, -0.05) is 25.5 Å². The first-order valence-electron chi connectivity index (χ1n) is 10.3. The molecule has 0 unspecified atom stereocenters. The van der Waals surface area contributed by atoms with Crippen LogP contribution in [-0.2, 0) is 20.1 Å².